The van der Waals surface area contributed by atoms with Gasteiger partial charge >= 0.3 is 0 Å². The van der Waals surface area contributed by atoms with Gasteiger partial charge in [-0.25, -0.2) is 9.97 Å². The molecule has 1 saturated heterocycles. The van der Waals surface area contributed by atoms with Gasteiger partial charge in [-0.2, -0.15) is 0 Å². The maximum atomic E-state index is 4.63. The summed E-state index contributed by atoms with van der Waals surface area (Å²) < 4.78 is 1.03. The highest BCUT2D eigenvalue weighted by atomic mass is 79.9. The second kappa shape index (κ2) is 7.09. The third-order valence-electron chi connectivity index (χ3n) is 3.89. The lowest BCUT2D eigenvalue weighted by molar-refractivity contribution is 0.726. The van der Waals surface area contributed by atoms with Crippen molar-refractivity contribution in [1.82, 2.24) is 9.97 Å². The van der Waals surface area contributed by atoms with Gasteiger partial charge in [-0.3, -0.25) is 0 Å². The number of nitrogens with one attached hydrogen (secondary N) is 1. The SMILES string of the molecule is Cc1nc(Nc2ccccc2Br)cc(N2CCCCCC2)n1. The first-order chi connectivity index (χ1) is 10.7. The van der Waals surface area contributed by atoms with Gasteiger partial charge in [-0.15, -0.1) is 0 Å². The van der Waals surface area contributed by atoms with Crippen molar-refractivity contribution in [2.75, 3.05) is 23.3 Å². The molecule has 1 aromatic carbocycles. The average Bonchev–Trinajstić information content (AvgIpc) is 2.78. The fourth-order valence-electron chi connectivity index (χ4n) is 2.78. The van der Waals surface area contributed by atoms with Gasteiger partial charge in [0.1, 0.15) is 17.5 Å². The summed E-state index contributed by atoms with van der Waals surface area (Å²) in [5, 5.41) is 3.38. The number of benzene rings is 1. The lowest BCUT2D eigenvalue weighted by Gasteiger charge is -2.22. The Labute approximate surface area is 140 Å². The molecule has 2 heterocycles. The standard InChI is InChI=1S/C17H21BrN4/c1-13-19-16(21-15-9-5-4-8-14(15)18)12-17(20-13)22-10-6-2-3-7-11-22/h4-5,8-9,12H,2-3,6-7,10-11H2,1H3,(H,19,20,21). The molecule has 5 heteroatoms. The van der Waals surface area contributed by atoms with Crippen LogP contribution in [0.5, 0.6) is 0 Å². The third-order valence-corrected chi connectivity index (χ3v) is 4.58. The van der Waals surface area contributed by atoms with Gasteiger partial charge < -0.3 is 10.2 Å². The number of aromatic nitrogens is 2. The molecule has 22 heavy (non-hydrogen) atoms. The molecule has 0 amide bonds. The molecule has 1 N–H and O–H groups in total. The fourth-order valence-corrected chi connectivity index (χ4v) is 3.16. The van der Waals surface area contributed by atoms with E-state index in [1.165, 1.54) is 25.7 Å². The summed E-state index contributed by atoms with van der Waals surface area (Å²) in [5.74, 6) is 2.68. The minimum atomic E-state index is 0.802. The Hall–Kier alpha value is -1.62. The van der Waals surface area contributed by atoms with E-state index in [-0.39, 0.29) is 0 Å². The molecule has 0 saturated carbocycles. The molecule has 0 radical (unpaired) electrons. The Kier molecular flexibility index (Phi) is 4.93. The highest BCUT2D eigenvalue weighted by molar-refractivity contribution is 9.10. The predicted octanol–water partition coefficient (Wildman–Crippen LogP) is 4.67. The molecule has 4 nitrogen and oxygen atoms in total. The second-order valence-corrected chi connectivity index (χ2v) is 6.52. The number of nitrogens with zero attached hydrogens (tertiary/aromatic N) is 3. The first-order valence-corrected chi connectivity index (χ1v) is 8.64. The van der Waals surface area contributed by atoms with Crippen molar-refractivity contribution < 1.29 is 0 Å². The molecule has 0 unspecified atom stereocenters. The van der Waals surface area contributed by atoms with Crippen molar-refractivity contribution in [3.05, 3.63) is 40.6 Å². The Morgan fingerprint density at radius 1 is 1.05 bits per heavy atom. The lowest BCUT2D eigenvalue weighted by atomic mass is 10.2. The Bertz CT molecular complexity index is 636. The number of hydrogen-bond acceptors (Lipinski definition) is 4. The maximum Gasteiger partial charge on any atom is 0.136 e. The van der Waals surface area contributed by atoms with E-state index in [1.54, 1.807) is 0 Å². The van der Waals surface area contributed by atoms with Crippen LogP contribution in [0.3, 0.4) is 0 Å². The van der Waals surface area contributed by atoms with E-state index < -0.39 is 0 Å². The predicted molar refractivity (Wildman–Crippen MR) is 94.9 cm³/mol. The molecule has 0 spiro atoms. The average molecular weight is 361 g/mol. The van der Waals surface area contributed by atoms with Crippen LogP contribution >= 0.6 is 15.9 Å². The summed E-state index contributed by atoms with van der Waals surface area (Å²) >= 11 is 3.56. The zero-order chi connectivity index (χ0) is 15.4. The summed E-state index contributed by atoms with van der Waals surface area (Å²) in [6, 6.07) is 10.1. The zero-order valence-corrected chi connectivity index (χ0v) is 14.4. The molecule has 2 aromatic rings. The second-order valence-electron chi connectivity index (χ2n) is 5.66. The number of anilines is 3. The molecule has 0 aliphatic carbocycles. The van der Waals surface area contributed by atoms with E-state index >= 15 is 0 Å². The summed E-state index contributed by atoms with van der Waals surface area (Å²) in [5.41, 5.74) is 1.02. The minimum absolute atomic E-state index is 0.802. The van der Waals surface area contributed by atoms with Gasteiger partial charge in [0.15, 0.2) is 0 Å². The van der Waals surface area contributed by atoms with Gasteiger partial charge in [-0.1, -0.05) is 25.0 Å². The summed E-state index contributed by atoms with van der Waals surface area (Å²) in [4.78, 5) is 11.5. The highest BCUT2D eigenvalue weighted by Gasteiger charge is 2.13. The molecule has 1 fully saturated rings. The van der Waals surface area contributed by atoms with Crippen molar-refractivity contribution in [2.45, 2.75) is 32.6 Å². The molecular weight excluding hydrogens is 340 g/mol. The van der Waals surface area contributed by atoms with Crippen LogP contribution in [0.25, 0.3) is 0 Å². The number of para-hydroxylation sites is 1. The lowest BCUT2D eigenvalue weighted by Crippen LogP contribution is -2.25. The number of halogens is 1. The molecular formula is C17H21BrN4. The van der Waals surface area contributed by atoms with E-state index in [0.717, 1.165) is 40.7 Å². The molecule has 116 valence electrons. The van der Waals surface area contributed by atoms with Crippen LogP contribution in [-0.2, 0) is 0 Å². The molecule has 0 atom stereocenters. The van der Waals surface area contributed by atoms with E-state index in [0.29, 0.717) is 0 Å². The molecule has 0 bridgehead atoms. The van der Waals surface area contributed by atoms with Crippen LogP contribution in [-0.4, -0.2) is 23.1 Å². The highest BCUT2D eigenvalue weighted by Crippen LogP contribution is 2.26. The molecule has 3 rings (SSSR count). The van der Waals surface area contributed by atoms with E-state index in [9.17, 15) is 0 Å². The van der Waals surface area contributed by atoms with Crippen molar-refractivity contribution in [3.8, 4) is 0 Å². The van der Waals surface area contributed by atoms with Crippen LogP contribution in [0.2, 0.25) is 0 Å². The van der Waals surface area contributed by atoms with Crippen LogP contribution in [0.15, 0.2) is 34.8 Å². The summed E-state index contributed by atoms with van der Waals surface area (Å²) in [7, 11) is 0. The molecule has 1 aliphatic heterocycles. The number of aryl methyl sites for hydroxylation is 1. The minimum Gasteiger partial charge on any atom is -0.356 e. The summed E-state index contributed by atoms with van der Waals surface area (Å²) in [6.07, 6.45) is 5.14. The van der Waals surface area contributed by atoms with Crippen molar-refractivity contribution >= 4 is 33.3 Å². The Morgan fingerprint density at radius 2 is 1.77 bits per heavy atom. The number of rotatable bonds is 3. The van der Waals surface area contributed by atoms with Crippen LogP contribution in [0.4, 0.5) is 17.3 Å². The van der Waals surface area contributed by atoms with Crippen molar-refractivity contribution in [1.29, 1.82) is 0 Å². The first kappa shape index (κ1) is 15.3. The largest absolute Gasteiger partial charge is 0.356 e. The monoisotopic (exact) mass is 360 g/mol. The van der Waals surface area contributed by atoms with Gasteiger partial charge in [0, 0.05) is 23.6 Å². The maximum absolute atomic E-state index is 4.63. The smallest absolute Gasteiger partial charge is 0.136 e. The third kappa shape index (κ3) is 3.77. The van der Waals surface area contributed by atoms with Crippen LogP contribution in [0.1, 0.15) is 31.5 Å². The first-order valence-electron chi connectivity index (χ1n) is 7.84. The van der Waals surface area contributed by atoms with E-state index in [2.05, 4.69) is 42.2 Å². The van der Waals surface area contributed by atoms with E-state index in [1.807, 2.05) is 31.2 Å². The zero-order valence-electron chi connectivity index (χ0n) is 12.8. The Balaban J connectivity index is 1.84. The van der Waals surface area contributed by atoms with E-state index in [4.69, 9.17) is 0 Å². The topological polar surface area (TPSA) is 41.1 Å². The van der Waals surface area contributed by atoms with Crippen molar-refractivity contribution in [3.63, 3.8) is 0 Å². The number of hydrogen-bond donors (Lipinski definition) is 1. The quantitative estimate of drug-likeness (QED) is 0.863. The van der Waals surface area contributed by atoms with Gasteiger partial charge in [0.05, 0.1) is 5.69 Å². The van der Waals surface area contributed by atoms with Crippen LogP contribution < -0.4 is 10.2 Å². The van der Waals surface area contributed by atoms with Gasteiger partial charge in [-0.05, 0) is 47.8 Å². The fraction of sp³-hybridized carbons (Fsp3) is 0.412. The van der Waals surface area contributed by atoms with Crippen LogP contribution in [0, 0.1) is 6.92 Å². The van der Waals surface area contributed by atoms with Gasteiger partial charge in [0.2, 0.25) is 0 Å². The van der Waals surface area contributed by atoms with Crippen molar-refractivity contribution in [2.24, 2.45) is 0 Å². The normalized spacial score (nSPS) is 15.5. The molecule has 1 aromatic heterocycles. The Morgan fingerprint density at radius 3 is 2.50 bits per heavy atom. The summed E-state index contributed by atoms with van der Waals surface area (Å²) in [6.45, 7) is 4.13. The molecule has 1 aliphatic rings. The van der Waals surface area contributed by atoms with Gasteiger partial charge in [0.25, 0.3) is 0 Å².